The van der Waals surface area contributed by atoms with Crippen LogP contribution >= 0.6 is 0 Å². The van der Waals surface area contributed by atoms with Crippen LogP contribution in [0.1, 0.15) is 13.8 Å². The van der Waals surface area contributed by atoms with Gasteiger partial charge < -0.3 is 31.4 Å². The van der Waals surface area contributed by atoms with Gasteiger partial charge in [0.2, 0.25) is 0 Å². The maximum Gasteiger partial charge on any atom is 0.132 e. The van der Waals surface area contributed by atoms with Crippen molar-refractivity contribution in [3.05, 3.63) is 59.0 Å². The minimum atomic E-state index is 0.231. The first-order valence-corrected chi connectivity index (χ1v) is 9.25. The van der Waals surface area contributed by atoms with E-state index in [0.29, 0.717) is 17.1 Å². The number of amidine groups is 1. The van der Waals surface area contributed by atoms with Crippen LogP contribution in [-0.4, -0.2) is 43.3 Å². The summed E-state index contributed by atoms with van der Waals surface area (Å²) in [6.07, 6.45) is 11.1. The predicted octanol–water partition coefficient (Wildman–Crippen LogP) is 1.56. The van der Waals surface area contributed by atoms with E-state index < -0.39 is 0 Å². The summed E-state index contributed by atoms with van der Waals surface area (Å²) in [5, 5.41) is 14.2. The van der Waals surface area contributed by atoms with Crippen LogP contribution in [0.5, 0.6) is 0 Å². The summed E-state index contributed by atoms with van der Waals surface area (Å²) in [7, 11) is 0. The lowest BCUT2D eigenvalue weighted by molar-refractivity contribution is -0.179. The van der Waals surface area contributed by atoms with Crippen molar-refractivity contribution in [1.29, 1.82) is 5.41 Å². The molecule has 2 saturated heterocycles. The molecule has 2 fully saturated rings. The Morgan fingerprint density at radius 2 is 2.11 bits per heavy atom. The maximum absolute atomic E-state index is 7.48. The highest BCUT2D eigenvalue weighted by Crippen LogP contribution is 2.40. The van der Waals surface area contributed by atoms with E-state index in [1.165, 1.54) is 6.21 Å². The maximum atomic E-state index is 7.48. The highest BCUT2D eigenvalue weighted by Gasteiger charge is 2.49. The Bertz CT molecular complexity index is 831. The Morgan fingerprint density at radius 3 is 2.74 bits per heavy atom. The van der Waals surface area contributed by atoms with Crippen LogP contribution in [-0.2, 0) is 4.74 Å². The second-order valence-electron chi connectivity index (χ2n) is 7.86. The summed E-state index contributed by atoms with van der Waals surface area (Å²) in [5.74, 6) is 1.30. The fourth-order valence-corrected chi connectivity index (χ4v) is 3.56. The lowest BCUT2D eigenvalue weighted by Crippen LogP contribution is -2.65. The molecule has 142 valence electrons. The third-order valence-electron chi connectivity index (χ3n) is 5.26. The van der Waals surface area contributed by atoms with Crippen LogP contribution in [0.3, 0.4) is 0 Å². The predicted molar refractivity (Wildman–Crippen MR) is 107 cm³/mol. The van der Waals surface area contributed by atoms with Crippen molar-refractivity contribution in [3.8, 4) is 0 Å². The topological polar surface area (TPSA) is 98.8 Å². The number of nitrogens with one attached hydrogen (secondary N) is 3. The second kappa shape index (κ2) is 6.74. The van der Waals surface area contributed by atoms with E-state index in [0.717, 1.165) is 49.0 Å². The van der Waals surface area contributed by atoms with E-state index in [-0.39, 0.29) is 5.92 Å². The number of likely N-dealkylation sites (tertiary alicyclic amines) is 1. The Kier molecular flexibility index (Phi) is 4.39. The monoisotopic (exact) mass is 366 g/mol. The minimum absolute atomic E-state index is 0.231. The SMILES string of the molecule is CC(C)C(C=N)=CC(N)=NC1=CC=C2NC=C(N3CC4(COC4)C3)C=C2N1. The smallest absolute Gasteiger partial charge is 0.132 e. The molecule has 0 unspecified atom stereocenters. The van der Waals surface area contributed by atoms with Gasteiger partial charge in [0, 0.05) is 25.5 Å². The fourth-order valence-electron chi connectivity index (χ4n) is 3.56. The third-order valence-corrected chi connectivity index (χ3v) is 5.26. The van der Waals surface area contributed by atoms with Crippen LogP contribution in [0, 0.1) is 16.7 Å². The van der Waals surface area contributed by atoms with Crippen LogP contribution in [0.15, 0.2) is 64.0 Å². The molecule has 0 aliphatic carbocycles. The van der Waals surface area contributed by atoms with Crippen molar-refractivity contribution in [2.45, 2.75) is 13.8 Å². The van der Waals surface area contributed by atoms with Crippen molar-refractivity contribution in [2.24, 2.45) is 22.1 Å². The van der Waals surface area contributed by atoms with Gasteiger partial charge in [-0.1, -0.05) is 13.8 Å². The molecule has 5 N–H and O–H groups in total. The summed E-state index contributed by atoms with van der Waals surface area (Å²) in [6.45, 7) is 7.91. The summed E-state index contributed by atoms with van der Waals surface area (Å²) < 4.78 is 5.35. The number of hydrogen-bond acceptors (Lipinski definition) is 6. The molecule has 0 aromatic rings. The Balaban J connectivity index is 1.45. The van der Waals surface area contributed by atoms with Gasteiger partial charge in [-0.15, -0.1) is 0 Å². The van der Waals surface area contributed by atoms with E-state index in [4.69, 9.17) is 15.9 Å². The molecular formula is C20H26N6O. The van der Waals surface area contributed by atoms with Crippen LogP contribution in [0.2, 0.25) is 0 Å². The molecule has 0 aromatic carbocycles. The van der Waals surface area contributed by atoms with Gasteiger partial charge in [0.25, 0.3) is 0 Å². The van der Waals surface area contributed by atoms with Crippen molar-refractivity contribution in [3.63, 3.8) is 0 Å². The third kappa shape index (κ3) is 3.42. The molecule has 0 amide bonds. The van der Waals surface area contributed by atoms with Crippen molar-refractivity contribution in [1.82, 2.24) is 15.5 Å². The second-order valence-corrected chi connectivity index (χ2v) is 7.86. The molecule has 0 saturated carbocycles. The zero-order chi connectivity index (χ0) is 19.0. The van der Waals surface area contributed by atoms with Gasteiger partial charge in [-0.2, -0.15) is 0 Å². The molecule has 4 aliphatic heterocycles. The molecule has 0 radical (unpaired) electrons. The van der Waals surface area contributed by atoms with E-state index in [9.17, 15) is 0 Å². The number of nitrogens with zero attached hydrogens (tertiary/aromatic N) is 2. The molecular weight excluding hydrogens is 340 g/mol. The number of nitrogens with two attached hydrogens (primary N) is 1. The number of allylic oxidation sites excluding steroid dienone is 4. The molecule has 4 aliphatic rings. The first-order valence-electron chi connectivity index (χ1n) is 9.25. The zero-order valence-corrected chi connectivity index (χ0v) is 15.7. The standard InChI is InChI=1S/C20H26N6O/c1-13(2)14(7-21)5-18(22)25-19-4-3-16-17(24-19)6-15(8-23-16)26-9-20(10-26)11-27-12-20/h3-8,13,21,23-24H,9-12H2,1-2H3,(H2,22,25). The van der Waals surface area contributed by atoms with Gasteiger partial charge in [-0.25, -0.2) is 4.99 Å². The van der Waals surface area contributed by atoms with Crippen molar-refractivity contribution >= 4 is 12.1 Å². The van der Waals surface area contributed by atoms with Gasteiger partial charge in [0.15, 0.2) is 0 Å². The number of hydrogen-bond donors (Lipinski definition) is 4. The summed E-state index contributed by atoms with van der Waals surface area (Å²) in [6, 6.07) is 0. The van der Waals surface area contributed by atoms with Crippen molar-refractivity contribution in [2.75, 3.05) is 26.3 Å². The van der Waals surface area contributed by atoms with Gasteiger partial charge >= 0.3 is 0 Å². The number of ether oxygens (including phenoxy) is 1. The molecule has 7 heteroatoms. The molecule has 0 aromatic heterocycles. The molecule has 7 nitrogen and oxygen atoms in total. The normalized spacial score (nSPS) is 23.7. The first kappa shape index (κ1) is 17.6. The van der Waals surface area contributed by atoms with E-state index in [1.807, 2.05) is 32.2 Å². The minimum Gasteiger partial charge on any atom is -0.384 e. The number of dihydropyridines is 2. The highest BCUT2D eigenvalue weighted by atomic mass is 16.5. The summed E-state index contributed by atoms with van der Waals surface area (Å²) >= 11 is 0. The van der Waals surface area contributed by atoms with Gasteiger partial charge in [-0.05, 0) is 35.8 Å². The first-order chi connectivity index (χ1) is 13.0. The number of rotatable bonds is 5. The lowest BCUT2D eigenvalue weighted by atomic mass is 9.77. The fraction of sp³-hybridized carbons (Fsp3) is 0.400. The van der Waals surface area contributed by atoms with Crippen LogP contribution in [0.25, 0.3) is 0 Å². The summed E-state index contributed by atoms with van der Waals surface area (Å²) in [4.78, 5) is 6.81. The average Bonchev–Trinajstić information content (AvgIpc) is 2.56. The molecule has 0 atom stereocenters. The van der Waals surface area contributed by atoms with E-state index >= 15 is 0 Å². The van der Waals surface area contributed by atoms with E-state index in [2.05, 4.69) is 26.6 Å². The molecule has 0 bridgehead atoms. The van der Waals surface area contributed by atoms with Gasteiger partial charge in [0.1, 0.15) is 11.7 Å². The zero-order valence-electron chi connectivity index (χ0n) is 15.7. The van der Waals surface area contributed by atoms with Crippen molar-refractivity contribution < 1.29 is 4.74 Å². The van der Waals surface area contributed by atoms with Crippen LogP contribution in [0.4, 0.5) is 0 Å². The van der Waals surface area contributed by atoms with E-state index in [1.54, 1.807) is 6.08 Å². The van der Waals surface area contributed by atoms with Gasteiger partial charge in [0.05, 0.1) is 35.7 Å². The lowest BCUT2D eigenvalue weighted by Gasteiger charge is -2.56. The molecule has 4 rings (SSSR count). The largest absolute Gasteiger partial charge is 0.384 e. The number of fused-ring (bicyclic) bond motifs is 1. The molecule has 27 heavy (non-hydrogen) atoms. The molecule has 1 spiro atoms. The average molecular weight is 366 g/mol. The number of aliphatic imine (C=N–C) groups is 1. The summed E-state index contributed by atoms with van der Waals surface area (Å²) in [5.41, 5.74) is 10.4. The highest BCUT2D eigenvalue weighted by molar-refractivity contribution is 5.97. The van der Waals surface area contributed by atoms with Gasteiger partial charge in [-0.3, -0.25) is 0 Å². The Hall–Kier alpha value is -2.80. The van der Waals surface area contributed by atoms with Crippen LogP contribution < -0.4 is 16.4 Å². The molecule has 4 heterocycles. The quantitative estimate of drug-likeness (QED) is 0.437. The Morgan fingerprint density at radius 1 is 1.33 bits per heavy atom. The Labute approximate surface area is 159 Å².